The molecule has 0 aromatic heterocycles. The van der Waals surface area contributed by atoms with E-state index in [2.05, 4.69) is 10.6 Å². The Balaban J connectivity index is 1.20. The Labute approximate surface area is 216 Å². The fourth-order valence-corrected chi connectivity index (χ4v) is 4.48. The first-order chi connectivity index (χ1) is 17.9. The van der Waals surface area contributed by atoms with Gasteiger partial charge in [0.1, 0.15) is 11.5 Å². The summed E-state index contributed by atoms with van der Waals surface area (Å²) in [7, 11) is 0. The van der Waals surface area contributed by atoms with E-state index in [1.807, 2.05) is 37.3 Å². The highest BCUT2D eigenvalue weighted by Crippen LogP contribution is 2.28. The van der Waals surface area contributed by atoms with Crippen molar-refractivity contribution in [2.24, 2.45) is 5.92 Å². The summed E-state index contributed by atoms with van der Waals surface area (Å²) in [5, 5.41) is 16.7. The molecule has 194 valence electrons. The van der Waals surface area contributed by atoms with Gasteiger partial charge in [-0.25, -0.2) is 0 Å². The molecule has 37 heavy (non-hydrogen) atoms. The van der Waals surface area contributed by atoms with E-state index in [-0.39, 0.29) is 23.8 Å². The molecule has 0 radical (unpaired) electrons. The maximum Gasteiger partial charge on any atom is 0.306 e. The van der Waals surface area contributed by atoms with Crippen molar-refractivity contribution < 1.29 is 29.0 Å². The maximum absolute atomic E-state index is 12.5. The average molecular weight is 505 g/mol. The molecule has 8 nitrogen and oxygen atoms in total. The third-order valence-corrected chi connectivity index (χ3v) is 6.52. The predicted molar refractivity (Wildman–Crippen MR) is 140 cm³/mol. The van der Waals surface area contributed by atoms with Gasteiger partial charge in [0.15, 0.2) is 0 Å². The number of rotatable bonds is 10. The van der Waals surface area contributed by atoms with Crippen molar-refractivity contribution in [2.45, 2.75) is 38.7 Å². The summed E-state index contributed by atoms with van der Waals surface area (Å²) < 4.78 is 11.5. The van der Waals surface area contributed by atoms with E-state index in [0.717, 1.165) is 16.5 Å². The van der Waals surface area contributed by atoms with Gasteiger partial charge >= 0.3 is 5.97 Å². The van der Waals surface area contributed by atoms with Gasteiger partial charge in [-0.05, 0) is 91.9 Å². The first-order valence-corrected chi connectivity index (χ1v) is 12.7. The lowest BCUT2D eigenvalue weighted by atomic mass is 9.87. The monoisotopic (exact) mass is 504 g/mol. The molecule has 0 heterocycles. The molecular formula is C29H32N2O6. The number of carboxylic acids is 1. The van der Waals surface area contributed by atoms with Gasteiger partial charge in [-0.2, -0.15) is 0 Å². The summed E-state index contributed by atoms with van der Waals surface area (Å²) >= 11 is 0. The lowest BCUT2D eigenvalue weighted by Crippen LogP contribution is -2.34. The number of carboxylic acid groups (broad SMARTS) is 1. The number of carbonyl (C=O) groups excluding carboxylic acids is 2. The summed E-state index contributed by atoms with van der Waals surface area (Å²) in [6, 6.07) is 18.1. The Morgan fingerprint density at radius 1 is 0.784 bits per heavy atom. The normalized spacial score (nSPS) is 17.1. The third kappa shape index (κ3) is 7.00. The molecule has 1 aliphatic rings. The van der Waals surface area contributed by atoms with Gasteiger partial charge in [0.25, 0.3) is 11.8 Å². The van der Waals surface area contributed by atoms with Crippen LogP contribution < -0.4 is 20.1 Å². The van der Waals surface area contributed by atoms with E-state index in [9.17, 15) is 14.4 Å². The van der Waals surface area contributed by atoms with Gasteiger partial charge in [-0.3, -0.25) is 14.4 Å². The highest BCUT2D eigenvalue weighted by molar-refractivity contribution is 5.99. The zero-order chi connectivity index (χ0) is 26.2. The second-order valence-electron chi connectivity index (χ2n) is 9.12. The van der Waals surface area contributed by atoms with Crippen molar-refractivity contribution >= 4 is 28.6 Å². The van der Waals surface area contributed by atoms with Crippen LogP contribution in [0.4, 0.5) is 0 Å². The fourth-order valence-electron chi connectivity index (χ4n) is 4.48. The Bertz CT molecular complexity index is 1250. The molecule has 2 amide bonds. The van der Waals surface area contributed by atoms with E-state index in [4.69, 9.17) is 14.6 Å². The number of fused-ring (bicyclic) bond motifs is 1. The van der Waals surface area contributed by atoms with Crippen LogP contribution in [0.25, 0.3) is 10.8 Å². The molecule has 0 aliphatic heterocycles. The van der Waals surface area contributed by atoms with E-state index in [0.29, 0.717) is 62.3 Å². The van der Waals surface area contributed by atoms with E-state index in [1.54, 1.807) is 30.3 Å². The van der Waals surface area contributed by atoms with Crippen LogP contribution in [0.5, 0.6) is 11.5 Å². The van der Waals surface area contributed by atoms with Crippen LogP contribution in [0.1, 0.15) is 53.3 Å². The molecule has 0 saturated heterocycles. The number of ether oxygens (including phenoxy) is 2. The summed E-state index contributed by atoms with van der Waals surface area (Å²) in [5.74, 6) is -0.00365. The van der Waals surface area contributed by atoms with Crippen molar-refractivity contribution in [1.29, 1.82) is 0 Å². The second-order valence-corrected chi connectivity index (χ2v) is 9.12. The lowest BCUT2D eigenvalue weighted by Gasteiger charge is -2.26. The summed E-state index contributed by atoms with van der Waals surface area (Å²) in [6.07, 6.45) is 2.65. The largest absolute Gasteiger partial charge is 0.494 e. The first kappa shape index (κ1) is 26.0. The number of benzene rings is 3. The molecule has 4 rings (SSSR count). The Morgan fingerprint density at radius 2 is 1.35 bits per heavy atom. The molecular weight excluding hydrogens is 472 g/mol. The molecule has 1 aliphatic carbocycles. The summed E-state index contributed by atoms with van der Waals surface area (Å²) in [6.45, 7) is 3.12. The zero-order valence-electron chi connectivity index (χ0n) is 20.9. The molecule has 0 bridgehead atoms. The van der Waals surface area contributed by atoms with E-state index >= 15 is 0 Å². The average Bonchev–Trinajstić information content (AvgIpc) is 2.91. The maximum atomic E-state index is 12.5. The molecule has 0 spiro atoms. The highest BCUT2D eigenvalue weighted by atomic mass is 16.5. The number of hydrogen-bond acceptors (Lipinski definition) is 5. The highest BCUT2D eigenvalue weighted by Gasteiger charge is 2.26. The van der Waals surface area contributed by atoms with Gasteiger partial charge in [0, 0.05) is 24.2 Å². The Hall–Kier alpha value is -4.07. The molecule has 3 aromatic carbocycles. The minimum Gasteiger partial charge on any atom is -0.494 e. The third-order valence-electron chi connectivity index (χ3n) is 6.52. The van der Waals surface area contributed by atoms with Crippen molar-refractivity contribution in [3.63, 3.8) is 0 Å². The Morgan fingerprint density at radius 3 is 2.00 bits per heavy atom. The molecule has 8 heteroatoms. The van der Waals surface area contributed by atoms with Gasteiger partial charge in [-0.15, -0.1) is 0 Å². The second kappa shape index (κ2) is 12.3. The fraction of sp³-hybridized carbons (Fsp3) is 0.345. The number of nitrogens with one attached hydrogen (secondary N) is 2. The smallest absolute Gasteiger partial charge is 0.306 e. The topological polar surface area (TPSA) is 114 Å². The van der Waals surface area contributed by atoms with Crippen molar-refractivity contribution in [3.05, 3.63) is 71.8 Å². The van der Waals surface area contributed by atoms with Crippen LogP contribution in [-0.4, -0.2) is 48.7 Å². The van der Waals surface area contributed by atoms with Gasteiger partial charge < -0.3 is 25.2 Å². The standard InChI is InChI=1S/C29H32N2O6/c1-2-36-26-14-9-21-17-23(4-3-22(21)18-26)28(33)31-16-15-30-27(32)19-5-10-24(11-6-19)37-25-12-7-20(8-13-25)29(34)35/h3-6,9-11,14,17-18,20,25H,2,7-8,12-13,15-16H2,1H3,(H,30,32)(H,31,33)(H,34,35). The van der Waals surface area contributed by atoms with Crippen LogP contribution in [0.3, 0.4) is 0 Å². The van der Waals surface area contributed by atoms with E-state index in [1.165, 1.54) is 0 Å². The van der Waals surface area contributed by atoms with Crippen molar-refractivity contribution in [1.82, 2.24) is 10.6 Å². The molecule has 1 fully saturated rings. The van der Waals surface area contributed by atoms with Crippen LogP contribution in [-0.2, 0) is 4.79 Å². The number of hydrogen-bond donors (Lipinski definition) is 3. The van der Waals surface area contributed by atoms with E-state index < -0.39 is 5.97 Å². The lowest BCUT2D eigenvalue weighted by molar-refractivity contribution is -0.143. The summed E-state index contributed by atoms with van der Waals surface area (Å²) in [4.78, 5) is 36.1. The molecule has 0 atom stereocenters. The minimum absolute atomic E-state index is 0.00552. The van der Waals surface area contributed by atoms with Crippen LogP contribution in [0.2, 0.25) is 0 Å². The van der Waals surface area contributed by atoms with Gasteiger partial charge in [0.05, 0.1) is 18.6 Å². The van der Waals surface area contributed by atoms with Crippen molar-refractivity contribution in [2.75, 3.05) is 19.7 Å². The predicted octanol–water partition coefficient (Wildman–Crippen LogP) is 4.42. The molecule has 1 saturated carbocycles. The molecule has 3 N–H and O–H groups in total. The summed E-state index contributed by atoms with van der Waals surface area (Å²) in [5.41, 5.74) is 1.05. The SMILES string of the molecule is CCOc1ccc2cc(C(=O)NCCNC(=O)c3ccc(OC4CCC(C(=O)O)CC4)cc3)ccc2c1. The molecule has 0 unspecified atom stereocenters. The number of aliphatic carboxylic acids is 1. The number of carbonyl (C=O) groups is 3. The quantitative estimate of drug-likeness (QED) is 0.352. The van der Waals surface area contributed by atoms with Crippen molar-refractivity contribution in [3.8, 4) is 11.5 Å². The van der Waals surface area contributed by atoms with Gasteiger partial charge in [0.2, 0.25) is 0 Å². The van der Waals surface area contributed by atoms with Crippen LogP contribution in [0.15, 0.2) is 60.7 Å². The Kier molecular flexibility index (Phi) is 8.61. The van der Waals surface area contributed by atoms with Gasteiger partial charge in [-0.1, -0.05) is 12.1 Å². The number of amides is 2. The first-order valence-electron chi connectivity index (χ1n) is 12.7. The van der Waals surface area contributed by atoms with Crippen LogP contribution in [0, 0.1) is 5.92 Å². The minimum atomic E-state index is -0.737. The zero-order valence-corrected chi connectivity index (χ0v) is 20.9. The molecule has 3 aromatic rings. The van der Waals surface area contributed by atoms with Crippen LogP contribution >= 0.6 is 0 Å².